The Kier molecular flexibility index (Phi) is 7.55. The summed E-state index contributed by atoms with van der Waals surface area (Å²) in [6.45, 7) is 10.4. The van der Waals surface area contributed by atoms with E-state index in [4.69, 9.17) is 0 Å². The van der Waals surface area contributed by atoms with Gasteiger partial charge in [-0.15, -0.1) is 12.4 Å². The van der Waals surface area contributed by atoms with Gasteiger partial charge in [-0.2, -0.15) is 0 Å². The Bertz CT molecular complexity index is 757. The molecule has 0 amide bonds. The Morgan fingerprint density at radius 3 is 2.38 bits per heavy atom. The second kappa shape index (κ2) is 8.92. The lowest BCUT2D eigenvalue weighted by Crippen LogP contribution is -2.17. The third kappa shape index (κ3) is 6.04. The van der Waals surface area contributed by atoms with E-state index in [1.165, 1.54) is 21.9 Å². The van der Waals surface area contributed by atoms with Gasteiger partial charge in [-0.3, -0.25) is 4.90 Å². The first-order chi connectivity index (χ1) is 10.9. The molecule has 0 spiro atoms. The van der Waals surface area contributed by atoms with Crippen molar-refractivity contribution in [3.63, 3.8) is 0 Å². The normalized spacial score (nSPS) is 11.4. The number of hydrogen-bond donors (Lipinski definition) is 0. The molecule has 0 radical (unpaired) electrons. The van der Waals surface area contributed by atoms with Gasteiger partial charge in [0.15, 0.2) is 0 Å². The molecule has 0 aliphatic carbocycles. The zero-order valence-corrected chi connectivity index (χ0v) is 16.2. The van der Waals surface area contributed by atoms with Gasteiger partial charge < -0.3 is 0 Å². The van der Waals surface area contributed by atoms with Gasteiger partial charge >= 0.3 is 0 Å². The molecule has 0 bridgehead atoms. The molecule has 0 heterocycles. The fraction of sp³-hybridized carbons (Fsp3) is 0.364. The molecule has 0 fully saturated rings. The molecule has 0 atom stereocenters. The Balaban J connectivity index is 0.00000288. The van der Waals surface area contributed by atoms with Crippen LogP contribution in [0.15, 0.2) is 48.6 Å². The lowest BCUT2D eigenvalue weighted by atomic mass is 9.98. The minimum absolute atomic E-state index is 0. The van der Waals surface area contributed by atoms with Crippen molar-refractivity contribution >= 4 is 23.2 Å². The van der Waals surface area contributed by atoms with E-state index in [2.05, 4.69) is 94.0 Å². The van der Waals surface area contributed by atoms with Gasteiger partial charge in [-0.25, -0.2) is 0 Å². The lowest BCUT2D eigenvalue weighted by molar-refractivity contribution is 0.365. The van der Waals surface area contributed by atoms with Gasteiger partial charge in [0.25, 0.3) is 0 Å². The number of benzene rings is 2. The molecule has 0 saturated heterocycles. The summed E-state index contributed by atoms with van der Waals surface area (Å²) < 4.78 is 0. The molecule has 0 aromatic heterocycles. The first kappa shape index (κ1) is 20.3. The molecule has 0 N–H and O–H groups in total. The van der Waals surface area contributed by atoms with Crippen LogP contribution in [0.5, 0.6) is 0 Å². The van der Waals surface area contributed by atoms with Crippen LogP contribution in [-0.2, 0) is 6.54 Å². The summed E-state index contributed by atoms with van der Waals surface area (Å²) in [6, 6.07) is 13.1. The van der Waals surface area contributed by atoms with Gasteiger partial charge in [0, 0.05) is 18.5 Å². The summed E-state index contributed by atoms with van der Waals surface area (Å²) >= 11 is 0. The molecule has 2 aromatic carbocycles. The summed E-state index contributed by atoms with van der Waals surface area (Å²) in [5.74, 6) is 6.34. The summed E-state index contributed by atoms with van der Waals surface area (Å²) in [5, 5.41) is 2.71. The van der Waals surface area contributed by atoms with Crippen molar-refractivity contribution in [3.8, 4) is 11.8 Å². The van der Waals surface area contributed by atoms with Crippen molar-refractivity contribution in [1.82, 2.24) is 4.90 Å². The second-order valence-electron chi connectivity index (χ2n) is 7.21. The van der Waals surface area contributed by atoms with E-state index in [-0.39, 0.29) is 17.8 Å². The number of aryl methyl sites for hydroxylation is 1. The van der Waals surface area contributed by atoms with Gasteiger partial charge in [0.1, 0.15) is 0 Å². The minimum Gasteiger partial charge on any atom is -0.298 e. The Hall–Kier alpha value is -1.75. The average molecular weight is 342 g/mol. The van der Waals surface area contributed by atoms with E-state index in [1.54, 1.807) is 0 Å². The van der Waals surface area contributed by atoms with Crippen molar-refractivity contribution < 1.29 is 0 Å². The van der Waals surface area contributed by atoms with Gasteiger partial charge in [-0.1, -0.05) is 54.3 Å². The van der Waals surface area contributed by atoms with Gasteiger partial charge in [0.2, 0.25) is 0 Å². The largest absolute Gasteiger partial charge is 0.298 e. The van der Waals surface area contributed by atoms with Gasteiger partial charge in [0.05, 0.1) is 0 Å². The first-order valence-electron chi connectivity index (χ1n) is 8.20. The van der Waals surface area contributed by atoms with Crippen LogP contribution in [0.25, 0.3) is 10.8 Å². The van der Waals surface area contributed by atoms with Crippen LogP contribution in [0, 0.1) is 24.2 Å². The van der Waals surface area contributed by atoms with Crippen LogP contribution in [-0.4, -0.2) is 18.5 Å². The smallest absolute Gasteiger partial charge is 0.0240 e. The number of rotatable bonds is 4. The maximum atomic E-state index is 3.22. The molecule has 0 unspecified atom stereocenters. The zero-order chi connectivity index (χ0) is 16.9. The van der Waals surface area contributed by atoms with Crippen molar-refractivity contribution in [3.05, 3.63) is 59.7 Å². The Morgan fingerprint density at radius 2 is 1.71 bits per heavy atom. The van der Waals surface area contributed by atoms with Crippen LogP contribution in [0.1, 0.15) is 31.9 Å². The molecular weight excluding hydrogens is 314 g/mol. The zero-order valence-electron chi connectivity index (χ0n) is 15.4. The predicted molar refractivity (Wildman–Crippen MR) is 109 cm³/mol. The molecule has 2 heteroatoms. The Morgan fingerprint density at radius 1 is 1.04 bits per heavy atom. The van der Waals surface area contributed by atoms with E-state index in [1.807, 2.05) is 6.08 Å². The number of allylic oxidation sites excluding steroid dienone is 1. The maximum absolute atomic E-state index is 3.22. The van der Waals surface area contributed by atoms with E-state index < -0.39 is 0 Å². The van der Waals surface area contributed by atoms with Crippen LogP contribution in [0.4, 0.5) is 0 Å². The second-order valence-corrected chi connectivity index (χ2v) is 7.21. The molecule has 2 rings (SSSR count). The SMILES string of the molecule is Cc1ccc(CN(C)C/C=C/C#CC(C)(C)C)c2ccccc12.Cl. The summed E-state index contributed by atoms with van der Waals surface area (Å²) in [7, 11) is 2.15. The van der Waals surface area contributed by atoms with Crippen molar-refractivity contribution in [1.29, 1.82) is 0 Å². The lowest BCUT2D eigenvalue weighted by Gasteiger charge is -2.16. The van der Waals surface area contributed by atoms with Crippen molar-refractivity contribution in [2.75, 3.05) is 13.6 Å². The first-order valence-corrected chi connectivity index (χ1v) is 8.20. The molecule has 1 nitrogen and oxygen atoms in total. The topological polar surface area (TPSA) is 3.24 Å². The monoisotopic (exact) mass is 341 g/mol. The highest BCUT2D eigenvalue weighted by Crippen LogP contribution is 2.23. The van der Waals surface area contributed by atoms with E-state index in [0.717, 1.165) is 13.1 Å². The summed E-state index contributed by atoms with van der Waals surface area (Å²) in [4.78, 5) is 2.31. The van der Waals surface area contributed by atoms with E-state index in [9.17, 15) is 0 Å². The molecule has 2 aromatic rings. The quantitative estimate of drug-likeness (QED) is 0.653. The number of nitrogens with zero attached hydrogens (tertiary/aromatic N) is 1. The maximum Gasteiger partial charge on any atom is 0.0240 e. The summed E-state index contributed by atoms with van der Waals surface area (Å²) in [6.07, 6.45) is 4.10. The van der Waals surface area contributed by atoms with Crippen molar-refractivity contribution in [2.24, 2.45) is 5.41 Å². The third-order valence-electron chi connectivity index (χ3n) is 3.74. The summed E-state index contributed by atoms with van der Waals surface area (Å²) in [5.41, 5.74) is 2.78. The third-order valence-corrected chi connectivity index (χ3v) is 3.74. The highest BCUT2D eigenvalue weighted by Gasteiger charge is 2.05. The predicted octanol–water partition coefficient (Wildman–Crippen LogP) is 5.61. The number of likely N-dealkylation sites (N-methyl/N-ethyl adjacent to an activating group) is 1. The molecule has 0 saturated carbocycles. The highest BCUT2D eigenvalue weighted by molar-refractivity contribution is 5.88. The Labute approximate surface area is 153 Å². The molecule has 128 valence electrons. The number of fused-ring (bicyclic) bond motifs is 1. The molecule has 0 aliphatic heterocycles. The van der Waals surface area contributed by atoms with Crippen LogP contribution in [0.2, 0.25) is 0 Å². The van der Waals surface area contributed by atoms with E-state index in [0.29, 0.717) is 0 Å². The van der Waals surface area contributed by atoms with Crippen LogP contribution < -0.4 is 0 Å². The number of hydrogen-bond acceptors (Lipinski definition) is 1. The molecule has 0 aliphatic rings. The highest BCUT2D eigenvalue weighted by atomic mass is 35.5. The van der Waals surface area contributed by atoms with E-state index >= 15 is 0 Å². The molecule has 24 heavy (non-hydrogen) atoms. The van der Waals surface area contributed by atoms with Crippen LogP contribution >= 0.6 is 12.4 Å². The standard InChI is InChI=1S/C22H27N.ClH/c1-18-13-14-19(21-12-8-7-11-20(18)21)17-23(5)16-10-6-9-15-22(2,3)4;/h6-8,10-14H,16-17H2,1-5H3;1H/b10-6+;. The van der Waals surface area contributed by atoms with Crippen molar-refractivity contribution in [2.45, 2.75) is 34.2 Å². The average Bonchev–Trinajstić information content (AvgIpc) is 2.49. The fourth-order valence-corrected chi connectivity index (χ4v) is 2.56. The van der Waals surface area contributed by atoms with Crippen LogP contribution in [0.3, 0.4) is 0 Å². The fourth-order valence-electron chi connectivity index (χ4n) is 2.56. The number of halogens is 1. The van der Waals surface area contributed by atoms with Gasteiger partial charge in [-0.05, 0) is 62.7 Å². The molecular formula is C22H28ClN. The minimum atomic E-state index is 0.